The van der Waals surface area contributed by atoms with E-state index in [9.17, 15) is 0 Å². The van der Waals surface area contributed by atoms with Crippen LogP contribution in [0, 0.1) is 5.92 Å². The van der Waals surface area contributed by atoms with Crippen LogP contribution in [0.3, 0.4) is 0 Å². The van der Waals surface area contributed by atoms with Crippen molar-refractivity contribution in [3.8, 4) is 0 Å². The monoisotopic (exact) mass is 93.0 g/mol. The highest BCUT2D eigenvalue weighted by atomic mass is 28.2. The van der Waals surface area contributed by atoms with Crippen LogP contribution in [0.1, 0.15) is 0 Å². The Morgan fingerprint density at radius 1 is 1.33 bits per heavy atom. The number of rotatable bonds is 0. The highest BCUT2D eigenvalue weighted by molar-refractivity contribution is 6.57. The van der Waals surface area contributed by atoms with Crippen LogP contribution < -0.4 is 0 Å². The largest absolute Gasteiger partial charge is 0.0954 e. The van der Waals surface area contributed by atoms with E-state index in [0.29, 0.717) is 0 Å². The van der Waals surface area contributed by atoms with Gasteiger partial charge in [0.15, 0.2) is 0 Å². The predicted molar refractivity (Wildman–Crippen MR) is 28.2 cm³/mol. The number of fused-ring (bicyclic) bond motifs is 1. The standard InChI is InChI=1S/C5H5Si/c1-2-5-4(1)3-6-5/h1-5H/t4-,5+/m1/s1. The Morgan fingerprint density at radius 2 is 2.17 bits per heavy atom. The van der Waals surface area contributed by atoms with E-state index in [1.807, 2.05) is 0 Å². The maximum atomic E-state index is 2.39. The van der Waals surface area contributed by atoms with Crippen LogP contribution in [-0.4, -0.2) is 14.8 Å². The molecule has 0 unspecified atom stereocenters. The second-order valence-electron chi connectivity index (χ2n) is 1.82. The maximum Gasteiger partial charge on any atom is 0.0240 e. The number of hydrogen-bond donors (Lipinski definition) is 0. The summed E-state index contributed by atoms with van der Waals surface area (Å²) in [6, 6.07) is 0. The van der Waals surface area contributed by atoms with Gasteiger partial charge in [0.1, 0.15) is 0 Å². The maximum absolute atomic E-state index is 2.39. The molecule has 0 N–H and O–H groups in total. The van der Waals surface area contributed by atoms with Crippen LogP contribution in [0.15, 0.2) is 12.2 Å². The topological polar surface area (TPSA) is 0 Å². The van der Waals surface area contributed by atoms with Crippen molar-refractivity contribution >= 4 is 14.8 Å². The molecule has 1 heterocycles. The second kappa shape index (κ2) is 0.732. The van der Waals surface area contributed by atoms with Gasteiger partial charge in [-0.05, 0) is 11.5 Å². The van der Waals surface area contributed by atoms with Crippen LogP contribution in [-0.2, 0) is 0 Å². The van der Waals surface area contributed by atoms with Crippen molar-refractivity contribution < 1.29 is 0 Å². The lowest BCUT2D eigenvalue weighted by atomic mass is 9.96. The minimum absolute atomic E-state index is 0.920. The molecule has 29 valence electrons. The lowest BCUT2D eigenvalue weighted by molar-refractivity contribution is 0.797. The first-order chi connectivity index (χ1) is 2.97. The smallest absolute Gasteiger partial charge is 0.0240 e. The molecule has 2 aliphatic rings. The van der Waals surface area contributed by atoms with Gasteiger partial charge in [0.05, 0.1) is 0 Å². The highest BCUT2D eigenvalue weighted by Gasteiger charge is 2.25. The quantitative estimate of drug-likeness (QED) is 0.302. The first-order valence-corrected chi connectivity index (χ1v) is 3.40. The Morgan fingerprint density at radius 3 is 2.17 bits per heavy atom. The molecule has 1 aliphatic heterocycles. The van der Waals surface area contributed by atoms with E-state index >= 15 is 0 Å². The SMILES string of the molecule is C1=C[C@@H]2[Si]=C[C@@H]12. The second-order valence-corrected chi connectivity index (χ2v) is 3.15. The van der Waals surface area contributed by atoms with E-state index in [-0.39, 0.29) is 0 Å². The van der Waals surface area contributed by atoms with E-state index in [4.69, 9.17) is 0 Å². The minimum Gasteiger partial charge on any atom is -0.0954 e. The third kappa shape index (κ3) is 0.160. The van der Waals surface area contributed by atoms with Gasteiger partial charge >= 0.3 is 0 Å². The van der Waals surface area contributed by atoms with Gasteiger partial charge in [-0.2, -0.15) is 0 Å². The molecule has 2 rings (SSSR count). The minimum atomic E-state index is 0.920. The summed E-state index contributed by atoms with van der Waals surface area (Å²) < 4.78 is 0. The molecule has 0 aromatic carbocycles. The summed E-state index contributed by atoms with van der Waals surface area (Å²) in [7, 11) is 1.15. The van der Waals surface area contributed by atoms with Gasteiger partial charge in [-0.25, -0.2) is 0 Å². The van der Waals surface area contributed by atoms with Crippen molar-refractivity contribution in [3.05, 3.63) is 12.2 Å². The van der Waals surface area contributed by atoms with Crippen molar-refractivity contribution in [2.75, 3.05) is 0 Å². The fraction of sp³-hybridized carbons (Fsp3) is 0.400. The Kier molecular flexibility index (Phi) is 0.355. The molecule has 0 bridgehead atoms. The Bertz CT molecular complexity index is 95.9. The van der Waals surface area contributed by atoms with Crippen molar-refractivity contribution in [3.63, 3.8) is 0 Å². The van der Waals surface area contributed by atoms with Crippen LogP contribution in [0.2, 0.25) is 5.54 Å². The molecule has 0 saturated heterocycles. The molecular formula is C5H5Si. The van der Waals surface area contributed by atoms with Crippen LogP contribution in [0.4, 0.5) is 0 Å². The fourth-order valence-electron chi connectivity index (χ4n) is 0.780. The van der Waals surface area contributed by atoms with Gasteiger partial charge in [-0.1, -0.05) is 17.8 Å². The van der Waals surface area contributed by atoms with Gasteiger partial charge in [-0.3, -0.25) is 0 Å². The Hall–Kier alpha value is -0.173. The molecule has 0 amide bonds. The van der Waals surface area contributed by atoms with Gasteiger partial charge in [-0.15, -0.1) is 0 Å². The third-order valence-corrected chi connectivity index (χ3v) is 2.98. The molecule has 0 spiro atoms. The average molecular weight is 93.2 g/mol. The van der Waals surface area contributed by atoms with Crippen molar-refractivity contribution in [1.29, 1.82) is 0 Å². The van der Waals surface area contributed by atoms with Gasteiger partial charge in [0.25, 0.3) is 0 Å². The van der Waals surface area contributed by atoms with Crippen molar-refractivity contribution in [2.45, 2.75) is 5.54 Å². The van der Waals surface area contributed by atoms with E-state index < -0.39 is 0 Å². The molecule has 1 aliphatic carbocycles. The summed E-state index contributed by atoms with van der Waals surface area (Å²) in [5, 5.41) is 0. The van der Waals surface area contributed by atoms with Crippen molar-refractivity contribution in [2.24, 2.45) is 5.92 Å². The molecule has 1 radical (unpaired) electrons. The lowest BCUT2D eigenvalue weighted by Crippen LogP contribution is -2.28. The first-order valence-electron chi connectivity index (χ1n) is 2.24. The molecule has 6 heavy (non-hydrogen) atoms. The van der Waals surface area contributed by atoms with Gasteiger partial charge < -0.3 is 0 Å². The van der Waals surface area contributed by atoms with E-state index in [1.54, 1.807) is 0 Å². The van der Waals surface area contributed by atoms with Crippen LogP contribution in [0.25, 0.3) is 0 Å². The molecule has 0 aromatic heterocycles. The molecule has 2 atom stereocenters. The fourth-order valence-corrected chi connectivity index (χ4v) is 1.86. The molecular weight excluding hydrogens is 88.1 g/mol. The van der Waals surface area contributed by atoms with Crippen molar-refractivity contribution in [1.82, 2.24) is 0 Å². The Labute approximate surface area is 39.3 Å². The molecule has 0 aromatic rings. The third-order valence-electron chi connectivity index (χ3n) is 1.44. The lowest BCUT2D eigenvalue weighted by Gasteiger charge is -2.30. The zero-order valence-corrected chi connectivity index (χ0v) is 4.39. The molecule has 0 saturated carbocycles. The van der Waals surface area contributed by atoms with Gasteiger partial charge in [0.2, 0.25) is 0 Å². The number of allylic oxidation sites excluding steroid dienone is 2. The number of hydrogen-bond acceptors (Lipinski definition) is 0. The predicted octanol–water partition coefficient (Wildman–Crippen LogP) is 0.481. The highest BCUT2D eigenvalue weighted by Crippen LogP contribution is 2.32. The zero-order valence-electron chi connectivity index (χ0n) is 3.39. The Balaban J connectivity index is 2.40. The molecule has 1 heteroatoms. The summed E-state index contributed by atoms with van der Waals surface area (Å²) in [5.74, 6) is 0.920. The summed E-state index contributed by atoms with van der Waals surface area (Å²) in [5.41, 5.74) is 3.40. The molecule has 0 nitrogen and oxygen atoms in total. The summed E-state index contributed by atoms with van der Waals surface area (Å²) in [6.07, 6.45) is 4.59. The van der Waals surface area contributed by atoms with Gasteiger partial charge in [0, 0.05) is 9.13 Å². The average Bonchev–Trinajstić information content (AvgIpc) is 1.54. The first kappa shape index (κ1) is 2.91. The summed E-state index contributed by atoms with van der Waals surface area (Å²) >= 11 is 0. The summed E-state index contributed by atoms with van der Waals surface area (Å²) in [6.45, 7) is 0. The van der Waals surface area contributed by atoms with E-state index in [2.05, 4.69) is 17.8 Å². The van der Waals surface area contributed by atoms with E-state index in [0.717, 1.165) is 20.6 Å². The van der Waals surface area contributed by atoms with Crippen LogP contribution in [0.5, 0.6) is 0 Å². The zero-order chi connectivity index (χ0) is 3.98. The summed E-state index contributed by atoms with van der Waals surface area (Å²) in [4.78, 5) is 0. The van der Waals surface area contributed by atoms with Crippen LogP contribution >= 0.6 is 0 Å². The normalized spacial score (nSPS) is 46.7. The van der Waals surface area contributed by atoms with E-state index in [1.165, 1.54) is 0 Å². The molecule has 0 fully saturated rings.